The topological polar surface area (TPSA) is 80.9 Å². The van der Waals surface area contributed by atoms with E-state index in [0.29, 0.717) is 17.7 Å². The molecule has 0 aliphatic rings. The number of rotatable bonds is 5. The summed E-state index contributed by atoms with van der Waals surface area (Å²) < 4.78 is 41.5. The number of alkyl halides is 3. The van der Waals surface area contributed by atoms with Gasteiger partial charge in [0.25, 0.3) is 0 Å². The number of thiazole rings is 1. The van der Waals surface area contributed by atoms with Crippen LogP contribution in [0, 0.1) is 0 Å². The molecular weight excluding hydrogens is 357 g/mol. The van der Waals surface area contributed by atoms with Gasteiger partial charge in [0.1, 0.15) is 0 Å². The van der Waals surface area contributed by atoms with Crippen molar-refractivity contribution in [3.8, 4) is 11.4 Å². The Kier molecular flexibility index (Phi) is 4.79. The van der Waals surface area contributed by atoms with Gasteiger partial charge in [-0.15, -0.1) is 11.3 Å². The second kappa shape index (κ2) is 7.01. The number of amides is 1. The lowest BCUT2D eigenvalue weighted by Gasteiger charge is -2.05. The minimum absolute atomic E-state index is 0.172. The molecule has 0 atom stereocenters. The van der Waals surface area contributed by atoms with Gasteiger partial charge in [-0.1, -0.05) is 5.16 Å². The van der Waals surface area contributed by atoms with Crippen LogP contribution in [0.5, 0.6) is 0 Å². The van der Waals surface area contributed by atoms with Gasteiger partial charge in [0.2, 0.25) is 11.7 Å². The van der Waals surface area contributed by atoms with E-state index in [-0.39, 0.29) is 18.2 Å². The van der Waals surface area contributed by atoms with Crippen molar-refractivity contribution in [3.63, 3.8) is 0 Å². The van der Waals surface area contributed by atoms with E-state index in [0.717, 1.165) is 5.01 Å². The van der Waals surface area contributed by atoms with Gasteiger partial charge >= 0.3 is 12.1 Å². The molecule has 0 aliphatic heterocycles. The van der Waals surface area contributed by atoms with Gasteiger partial charge < -0.3 is 9.84 Å². The monoisotopic (exact) mass is 368 g/mol. The lowest BCUT2D eigenvalue weighted by Crippen LogP contribution is -2.12. The molecule has 1 aromatic carbocycles. The summed E-state index contributed by atoms with van der Waals surface area (Å²) in [4.78, 5) is 19.3. The van der Waals surface area contributed by atoms with Crippen LogP contribution >= 0.6 is 11.3 Å². The number of anilines is 1. The average Bonchev–Trinajstić information content (AvgIpc) is 3.25. The van der Waals surface area contributed by atoms with Crippen molar-refractivity contribution in [2.45, 2.75) is 19.0 Å². The largest absolute Gasteiger partial charge is 0.471 e. The Labute approximate surface area is 143 Å². The van der Waals surface area contributed by atoms with Crippen molar-refractivity contribution >= 4 is 22.9 Å². The predicted molar refractivity (Wildman–Crippen MR) is 83.8 cm³/mol. The summed E-state index contributed by atoms with van der Waals surface area (Å²) >= 11 is 1.48. The fourth-order valence-electron chi connectivity index (χ4n) is 1.98. The van der Waals surface area contributed by atoms with Gasteiger partial charge in [0.15, 0.2) is 0 Å². The van der Waals surface area contributed by atoms with Crippen molar-refractivity contribution in [3.05, 3.63) is 46.7 Å². The van der Waals surface area contributed by atoms with Crippen LogP contribution in [0.15, 0.2) is 40.4 Å². The first kappa shape index (κ1) is 17.1. The Bertz CT molecular complexity index is 845. The van der Waals surface area contributed by atoms with Gasteiger partial charge in [0.05, 0.1) is 5.01 Å². The first-order valence-corrected chi connectivity index (χ1v) is 7.99. The molecule has 1 amide bonds. The zero-order valence-corrected chi connectivity index (χ0v) is 13.4. The van der Waals surface area contributed by atoms with Gasteiger partial charge in [-0.3, -0.25) is 4.79 Å². The molecule has 25 heavy (non-hydrogen) atoms. The molecule has 2 aromatic heterocycles. The highest BCUT2D eigenvalue weighted by molar-refractivity contribution is 7.09. The van der Waals surface area contributed by atoms with Gasteiger partial charge in [-0.2, -0.15) is 18.2 Å². The molecule has 0 bridgehead atoms. The number of benzene rings is 1. The maximum atomic E-state index is 12.5. The highest BCUT2D eigenvalue weighted by Gasteiger charge is 2.38. The molecule has 0 aliphatic carbocycles. The van der Waals surface area contributed by atoms with Crippen molar-refractivity contribution in [2.75, 3.05) is 5.32 Å². The van der Waals surface area contributed by atoms with Gasteiger partial charge in [0, 0.05) is 35.7 Å². The summed E-state index contributed by atoms with van der Waals surface area (Å²) in [5.41, 5.74) is 0.868. The smallest absolute Gasteiger partial charge is 0.329 e. The van der Waals surface area contributed by atoms with Gasteiger partial charge in [-0.25, -0.2) is 4.98 Å². The Balaban J connectivity index is 1.60. The number of carbonyl (C=O) groups is 1. The van der Waals surface area contributed by atoms with Crippen LogP contribution in [0.2, 0.25) is 0 Å². The highest BCUT2D eigenvalue weighted by atomic mass is 32.1. The maximum absolute atomic E-state index is 12.5. The SMILES string of the molecule is O=C(CCc1nccs1)Nc1ccc(-c2noc(C(F)(F)F)n2)cc1. The zero-order chi connectivity index (χ0) is 17.9. The van der Waals surface area contributed by atoms with Crippen LogP contribution in [0.25, 0.3) is 11.4 Å². The van der Waals surface area contributed by atoms with E-state index in [1.807, 2.05) is 5.38 Å². The second-order valence-corrected chi connectivity index (χ2v) is 5.95. The highest BCUT2D eigenvalue weighted by Crippen LogP contribution is 2.29. The summed E-state index contributed by atoms with van der Waals surface area (Å²) in [6, 6.07) is 6.11. The number of hydrogen-bond acceptors (Lipinski definition) is 6. The van der Waals surface area contributed by atoms with Crippen LogP contribution in [-0.4, -0.2) is 21.0 Å². The third-order valence-electron chi connectivity index (χ3n) is 3.14. The Hall–Kier alpha value is -2.75. The van der Waals surface area contributed by atoms with E-state index in [9.17, 15) is 18.0 Å². The molecule has 130 valence electrons. The first-order chi connectivity index (χ1) is 11.9. The number of nitrogens with zero attached hydrogens (tertiary/aromatic N) is 3. The summed E-state index contributed by atoms with van der Waals surface area (Å²) in [5.74, 6) is -1.75. The molecule has 0 radical (unpaired) electrons. The third kappa shape index (κ3) is 4.41. The minimum Gasteiger partial charge on any atom is -0.329 e. The minimum atomic E-state index is -4.68. The van der Waals surface area contributed by atoms with E-state index in [1.54, 1.807) is 18.3 Å². The van der Waals surface area contributed by atoms with E-state index < -0.39 is 12.1 Å². The summed E-state index contributed by atoms with van der Waals surface area (Å²) in [7, 11) is 0. The number of nitrogens with one attached hydrogen (secondary N) is 1. The van der Waals surface area contributed by atoms with Crippen LogP contribution in [-0.2, 0) is 17.4 Å². The third-order valence-corrected chi connectivity index (χ3v) is 3.98. The number of halogens is 3. The van der Waals surface area contributed by atoms with Crippen molar-refractivity contribution < 1.29 is 22.5 Å². The number of aryl methyl sites for hydroxylation is 1. The lowest BCUT2D eigenvalue weighted by atomic mass is 10.2. The first-order valence-electron chi connectivity index (χ1n) is 7.11. The van der Waals surface area contributed by atoms with Crippen LogP contribution < -0.4 is 5.32 Å². The number of aromatic nitrogens is 3. The summed E-state index contributed by atoms with van der Waals surface area (Å²) in [5, 5.41) is 8.73. The molecule has 10 heteroatoms. The molecule has 0 unspecified atom stereocenters. The van der Waals surface area contributed by atoms with E-state index >= 15 is 0 Å². The molecular formula is C15H11F3N4O2S. The summed E-state index contributed by atoms with van der Waals surface area (Å²) in [6.07, 6.45) is -2.17. The molecule has 3 aromatic rings. The molecule has 0 saturated heterocycles. The number of hydrogen-bond donors (Lipinski definition) is 1. The summed E-state index contributed by atoms with van der Waals surface area (Å²) in [6.45, 7) is 0. The quantitative estimate of drug-likeness (QED) is 0.741. The van der Waals surface area contributed by atoms with Gasteiger partial charge in [-0.05, 0) is 24.3 Å². The second-order valence-electron chi connectivity index (χ2n) is 4.97. The van der Waals surface area contributed by atoms with E-state index in [4.69, 9.17) is 0 Å². The maximum Gasteiger partial charge on any atom is 0.471 e. The molecule has 1 N–H and O–H groups in total. The Morgan fingerprint density at radius 3 is 2.60 bits per heavy atom. The molecule has 2 heterocycles. The average molecular weight is 368 g/mol. The van der Waals surface area contributed by atoms with E-state index in [2.05, 4.69) is 25.0 Å². The lowest BCUT2D eigenvalue weighted by molar-refractivity contribution is -0.159. The molecule has 0 spiro atoms. The van der Waals surface area contributed by atoms with Crippen molar-refractivity contribution in [1.29, 1.82) is 0 Å². The van der Waals surface area contributed by atoms with Crippen molar-refractivity contribution in [2.24, 2.45) is 0 Å². The fraction of sp³-hybridized carbons (Fsp3) is 0.200. The molecule has 3 rings (SSSR count). The van der Waals surface area contributed by atoms with Crippen LogP contribution in [0.1, 0.15) is 17.3 Å². The normalized spacial score (nSPS) is 11.5. The molecule has 6 nitrogen and oxygen atoms in total. The predicted octanol–water partition coefficient (Wildman–Crippen LogP) is 3.78. The van der Waals surface area contributed by atoms with Crippen molar-refractivity contribution in [1.82, 2.24) is 15.1 Å². The molecule has 0 saturated carbocycles. The standard InChI is InChI=1S/C15H11F3N4O2S/c16-15(17,18)14-21-13(22-24-14)9-1-3-10(4-2-9)20-11(23)5-6-12-19-7-8-25-12/h1-4,7-8H,5-6H2,(H,20,23). The van der Waals surface area contributed by atoms with Crippen LogP contribution in [0.3, 0.4) is 0 Å². The Morgan fingerprint density at radius 2 is 2.00 bits per heavy atom. The fourth-order valence-corrected chi connectivity index (χ4v) is 2.60. The number of carbonyl (C=O) groups excluding carboxylic acids is 1. The van der Waals surface area contributed by atoms with E-state index in [1.165, 1.54) is 23.5 Å². The molecule has 0 fully saturated rings. The Morgan fingerprint density at radius 1 is 1.24 bits per heavy atom. The zero-order valence-electron chi connectivity index (χ0n) is 12.6. The van der Waals surface area contributed by atoms with Crippen LogP contribution in [0.4, 0.5) is 18.9 Å².